The summed E-state index contributed by atoms with van der Waals surface area (Å²) in [6, 6.07) is 12.9. The van der Waals surface area contributed by atoms with Crippen molar-refractivity contribution in [3.05, 3.63) is 59.4 Å². The van der Waals surface area contributed by atoms with Crippen LogP contribution in [0.5, 0.6) is 0 Å². The number of piperidine rings is 1. The first-order valence-corrected chi connectivity index (χ1v) is 12.0. The van der Waals surface area contributed by atoms with E-state index in [9.17, 15) is 8.42 Å². The average Bonchev–Trinajstić information content (AvgIpc) is 3.42. The molecular formula is C21H20N4O3S2. The van der Waals surface area contributed by atoms with Gasteiger partial charge in [0.05, 0.1) is 16.3 Å². The van der Waals surface area contributed by atoms with Crippen LogP contribution in [0.15, 0.2) is 58.0 Å². The van der Waals surface area contributed by atoms with Crippen LogP contribution in [-0.2, 0) is 10.0 Å². The molecular weight excluding hydrogens is 420 g/mol. The fourth-order valence-electron chi connectivity index (χ4n) is 3.83. The fourth-order valence-corrected chi connectivity index (χ4v) is 6.31. The van der Waals surface area contributed by atoms with Gasteiger partial charge in [0.2, 0.25) is 15.9 Å². The number of aryl methyl sites for hydroxylation is 1. The van der Waals surface area contributed by atoms with Crippen molar-refractivity contribution in [3.8, 4) is 10.8 Å². The second kappa shape index (κ2) is 7.57. The van der Waals surface area contributed by atoms with E-state index in [-0.39, 0.29) is 10.8 Å². The molecule has 1 aliphatic rings. The second-order valence-corrected chi connectivity index (χ2v) is 10.6. The molecule has 1 saturated heterocycles. The highest BCUT2D eigenvalue weighted by Gasteiger charge is 2.34. The third-order valence-corrected chi connectivity index (χ3v) is 8.22. The van der Waals surface area contributed by atoms with Crippen LogP contribution in [-0.4, -0.2) is 41.0 Å². The Morgan fingerprint density at radius 2 is 2.00 bits per heavy atom. The average molecular weight is 441 g/mol. The van der Waals surface area contributed by atoms with Crippen LogP contribution < -0.4 is 0 Å². The molecule has 154 valence electrons. The maximum Gasteiger partial charge on any atom is 0.257 e. The number of para-hydroxylation sites is 1. The van der Waals surface area contributed by atoms with Gasteiger partial charge in [-0.3, -0.25) is 4.98 Å². The maximum atomic E-state index is 13.4. The lowest BCUT2D eigenvalue weighted by Crippen LogP contribution is -2.39. The van der Waals surface area contributed by atoms with E-state index in [0.717, 1.165) is 23.1 Å². The van der Waals surface area contributed by atoms with Crippen molar-refractivity contribution in [3.63, 3.8) is 0 Å². The van der Waals surface area contributed by atoms with Gasteiger partial charge in [-0.15, -0.1) is 21.5 Å². The summed E-state index contributed by atoms with van der Waals surface area (Å²) in [4.78, 5) is 6.64. The standard InChI is InChI=1S/C21H20N4O3S2/c1-14-9-10-17(29-14)21-24-23-20(28-21)16-7-4-12-25(13-16)30(26,27)18-8-2-5-15-6-3-11-22-19(15)18/h2-3,5-6,8-11,16H,4,7,12-13H2,1H3. The number of aromatic nitrogens is 3. The van der Waals surface area contributed by atoms with Gasteiger partial charge in [0.1, 0.15) is 4.90 Å². The molecule has 30 heavy (non-hydrogen) atoms. The molecule has 1 unspecified atom stereocenters. The number of nitrogens with zero attached hydrogens (tertiary/aromatic N) is 4. The van der Waals surface area contributed by atoms with Crippen LogP contribution in [0.1, 0.15) is 29.5 Å². The Morgan fingerprint density at radius 3 is 2.83 bits per heavy atom. The van der Waals surface area contributed by atoms with E-state index in [1.807, 2.05) is 31.2 Å². The van der Waals surface area contributed by atoms with E-state index in [1.165, 1.54) is 9.18 Å². The van der Waals surface area contributed by atoms with Gasteiger partial charge in [-0.1, -0.05) is 18.2 Å². The van der Waals surface area contributed by atoms with Crippen LogP contribution in [0.25, 0.3) is 21.7 Å². The molecule has 0 radical (unpaired) electrons. The van der Waals surface area contributed by atoms with Gasteiger partial charge in [-0.25, -0.2) is 8.42 Å². The number of fused-ring (bicyclic) bond motifs is 1. The monoisotopic (exact) mass is 440 g/mol. The first-order valence-electron chi connectivity index (χ1n) is 9.76. The van der Waals surface area contributed by atoms with Crippen molar-refractivity contribution in [2.45, 2.75) is 30.6 Å². The Hall–Kier alpha value is -2.62. The molecule has 0 N–H and O–H groups in total. The predicted molar refractivity (Wildman–Crippen MR) is 115 cm³/mol. The molecule has 0 amide bonds. The lowest BCUT2D eigenvalue weighted by molar-refractivity contribution is 0.286. The number of pyridine rings is 1. The number of benzene rings is 1. The summed E-state index contributed by atoms with van der Waals surface area (Å²) in [5.41, 5.74) is 0.496. The van der Waals surface area contributed by atoms with E-state index in [4.69, 9.17) is 4.42 Å². The van der Waals surface area contributed by atoms with E-state index in [1.54, 1.807) is 35.7 Å². The van der Waals surface area contributed by atoms with Crippen molar-refractivity contribution in [1.29, 1.82) is 0 Å². The molecule has 0 aliphatic carbocycles. The largest absolute Gasteiger partial charge is 0.420 e. The lowest BCUT2D eigenvalue weighted by atomic mass is 10.00. The molecule has 4 aromatic rings. The zero-order chi connectivity index (χ0) is 20.7. The zero-order valence-electron chi connectivity index (χ0n) is 16.4. The minimum Gasteiger partial charge on any atom is -0.420 e. The number of hydrogen-bond donors (Lipinski definition) is 0. The first kappa shape index (κ1) is 19.3. The highest BCUT2D eigenvalue weighted by atomic mass is 32.2. The predicted octanol–water partition coefficient (Wildman–Crippen LogP) is 4.22. The van der Waals surface area contributed by atoms with Crippen molar-refractivity contribution < 1.29 is 12.8 Å². The lowest BCUT2D eigenvalue weighted by Gasteiger charge is -2.30. The highest BCUT2D eigenvalue weighted by molar-refractivity contribution is 7.89. The summed E-state index contributed by atoms with van der Waals surface area (Å²) in [5, 5.41) is 9.20. The molecule has 7 nitrogen and oxygen atoms in total. The summed E-state index contributed by atoms with van der Waals surface area (Å²) in [6.45, 7) is 2.81. The molecule has 3 aromatic heterocycles. The second-order valence-electron chi connectivity index (χ2n) is 7.39. The molecule has 5 rings (SSSR count). The normalized spacial score (nSPS) is 18.1. The fraction of sp³-hybridized carbons (Fsp3) is 0.286. The van der Waals surface area contributed by atoms with Crippen LogP contribution >= 0.6 is 11.3 Å². The van der Waals surface area contributed by atoms with E-state index < -0.39 is 10.0 Å². The molecule has 0 spiro atoms. The van der Waals surface area contributed by atoms with Crippen LogP contribution in [0.3, 0.4) is 0 Å². The SMILES string of the molecule is Cc1ccc(-c2nnc(C3CCCN(S(=O)(=O)c4cccc5cccnc45)C3)o2)s1. The number of sulfonamides is 1. The third kappa shape index (κ3) is 3.42. The van der Waals surface area contributed by atoms with E-state index in [2.05, 4.69) is 15.2 Å². The van der Waals surface area contributed by atoms with Gasteiger partial charge in [-0.2, -0.15) is 4.31 Å². The summed E-state index contributed by atoms with van der Waals surface area (Å²) in [6.07, 6.45) is 3.16. The molecule has 0 bridgehead atoms. The van der Waals surface area contributed by atoms with Crippen molar-refractivity contribution in [2.75, 3.05) is 13.1 Å². The topological polar surface area (TPSA) is 89.2 Å². The van der Waals surface area contributed by atoms with Crippen molar-refractivity contribution >= 4 is 32.3 Å². The summed E-state index contributed by atoms with van der Waals surface area (Å²) in [5.74, 6) is 0.854. The Bertz CT molecular complexity index is 1310. The van der Waals surface area contributed by atoms with Gasteiger partial charge >= 0.3 is 0 Å². The molecule has 1 aromatic carbocycles. The first-order chi connectivity index (χ1) is 14.5. The molecule has 4 heterocycles. The minimum absolute atomic E-state index is 0.126. The number of rotatable bonds is 4. The Morgan fingerprint density at radius 1 is 1.13 bits per heavy atom. The van der Waals surface area contributed by atoms with Crippen LogP contribution in [0, 0.1) is 6.92 Å². The third-order valence-electron chi connectivity index (χ3n) is 5.34. The van der Waals surface area contributed by atoms with Crippen LogP contribution in [0.2, 0.25) is 0 Å². The van der Waals surface area contributed by atoms with Gasteiger partial charge in [-0.05, 0) is 44.0 Å². The maximum absolute atomic E-state index is 13.4. The zero-order valence-corrected chi connectivity index (χ0v) is 18.0. The quantitative estimate of drug-likeness (QED) is 0.472. The Balaban J connectivity index is 1.43. The number of thiophene rings is 1. The van der Waals surface area contributed by atoms with Crippen LogP contribution in [0.4, 0.5) is 0 Å². The van der Waals surface area contributed by atoms with Crippen molar-refractivity contribution in [1.82, 2.24) is 19.5 Å². The minimum atomic E-state index is -3.69. The molecule has 1 aliphatic heterocycles. The van der Waals surface area contributed by atoms with E-state index in [0.29, 0.717) is 30.4 Å². The molecule has 9 heteroatoms. The van der Waals surface area contributed by atoms with Gasteiger partial charge in [0, 0.05) is 29.5 Å². The summed E-state index contributed by atoms with van der Waals surface area (Å²) in [7, 11) is -3.69. The Labute approximate surface area is 178 Å². The van der Waals surface area contributed by atoms with Crippen molar-refractivity contribution in [2.24, 2.45) is 0 Å². The van der Waals surface area contributed by atoms with Gasteiger partial charge in [0.25, 0.3) is 5.89 Å². The van der Waals surface area contributed by atoms with Gasteiger partial charge in [0.15, 0.2) is 0 Å². The molecule has 1 atom stereocenters. The summed E-state index contributed by atoms with van der Waals surface area (Å²) >= 11 is 1.59. The Kier molecular flexibility index (Phi) is 4.88. The van der Waals surface area contributed by atoms with E-state index >= 15 is 0 Å². The molecule has 0 saturated carbocycles. The van der Waals surface area contributed by atoms with Gasteiger partial charge < -0.3 is 4.42 Å². The smallest absolute Gasteiger partial charge is 0.257 e. The molecule has 1 fully saturated rings. The summed E-state index contributed by atoms with van der Waals surface area (Å²) < 4.78 is 34.3. The number of hydrogen-bond acceptors (Lipinski definition) is 7. The highest BCUT2D eigenvalue weighted by Crippen LogP contribution is 2.33.